The average molecular weight is 441 g/mol. The third kappa shape index (κ3) is 16.7. The lowest BCUT2D eigenvalue weighted by Crippen LogP contribution is -2.18. The Morgan fingerprint density at radius 1 is 0.679 bits per heavy atom. The average Bonchev–Trinajstić information content (AvgIpc) is 2.61. The van der Waals surface area contributed by atoms with E-state index >= 15 is 0 Å². The largest absolute Gasteiger partial charge is 0.481 e. The van der Waals surface area contributed by atoms with E-state index in [1.165, 1.54) is 0 Å². The Balaban J connectivity index is 0. The summed E-state index contributed by atoms with van der Waals surface area (Å²) in [5.41, 5.74) is 0. The Morgan fingerprint density at radius 3 is 1.14 bits per heavy atom. The van der Waals surface area contributed by atoms with Gasteiger partial charge in [-0.1, -0.05) is 13.8 Å². The highest BCUT2D eigenvalue weighted by Crippen LogP contribution is 2.19. The maximum atomic E-state index is 10.7. The Kier molecular flexibility index (Phi) is 17.0. The number of hydrogen-bond acceptors (Lipinski definition) is 6. The highest BCUT2D eigenvalue weighted by atomic mass is 32.1. The Hall–Kier alpha value is -1.42. The number of carboxylic acid groups (broad SMARTS) is 4. The second kappa shape index (κ2) is 16.5. The lowest BCUT2D eigenvalue weighted by Gasteiger charge is -2.14. The third-order valence-corrected chi connectivity index (χ3v) is 5.36. The summed E-state index contributed by atoms with van der Waals surface area (Å²) in [7, 11) is 0. The zero-order chi connectivity index (χ0) is 22.3. The second-order valence-electron chi connectivity index (χ2n) is 6.98. The van der Waals surface area contributed by atoms with Crippen LogP contribution in [0.1, 0.15) is 52.4 Å². The molecule has 0 aliphatic heterocycles. The molecule has 0 saturated carbocycles. The van der Waals surface area contributed by atoms with E-state index in [4.69, 9.17) is 20.4 Å². The summed E-state index contributed by atoms with van der Waals surface area (Å²) in [6.45, 7) is 3.81. The summed E-state index contributed by atoms with van der Waals surface area (Å²) in [4.78, 5) is 42.0. The van der Waals surface area contributed by atoms with E-state index in [1.54, 1.807) is 0 Å². The predicted molar refractivity (Wildman–Crippen MR) is 111 cm³/mol. The van der Waals surface area contributed by atoms with Gasteiger partial charge in [-0.25, -0.2) is 0 Å². The van der Waals surface area contributed by atoms with Gasteiger partial charge in [-0.15, -0.1) is 0 Å². The molecule has 0 rings (SSSR count). The van der Waals surface area contributed by atoms with Crippen LogP contribution in [0.5, 0.6) is 0 Å². The van der Waals surface area contributed by atoms with Crippen molar-refractivity contribution in [1.82, 2.24) is 0 Å². The molecule has 0 bridgehead atoms. The van der Waals surface area contributed by atoms with Gasteiger partial charge >= 0.3 is 23.9 Å². The maximum absolute atomic E-state index is 10.7. The molecule has 0 aromatic carbocycles. The highest BCUT2D eigenvalue weighted by molar-refractivity contribution is 7.80. The SMILES string of the molecule is CC(CS)CC(CCC(=O)O)C(=O)O.CC(CS)CC(CCC(=O)O)C(=O)O. The highest BCUT2D eigenvalue weighted by Gasteiger charge is 2.21. The molecule has 0 radical (unpaired) electrons. The van der Waals surface area contributed by atoms with Crippen molar-refractivity contribution < 1.29 is 39.6 Å². The number of aliphatic carboxylic acids is 4. The minimum absolute atomic E-state index is 0.0870. The number of rotatable bonds is 14. The standard InChI is InChI=1S/2C9H16O4S/c2*1-6(5-14)4-7(9(12)13)2-3-8(10)11/h2*6-7,14H,2-5H2,1H3,(H,10,11)(H,12,13). The monoisotopic (exact) mass is 440 g/mol. The van der Waals surface area contributed by atoms with E-state index in [9.17, 15) is 19.2 Å². The van der Waals surface area contributed by atoms with E-state index in [1.807, 2.05) is 13.8 Å². The first-order chi connectivity index (χ1) is 12.9. The number of hydrogen-bond donors (Lipinski definition) is 6. The van der Waals surface area contributed by atoms with Crippen molar-refractivity contribution in [3.8, 4) is 0 Å². The van der Waals surface area contributed by atoms with Crippen molar-refractivity contribution in [3.05, 3.63) is 0 Å². The van der Waals surface area contributed by atoms with Crippen LogP contribution >= 0.6 is 25.3 Å². The summed E-state index contributed by atoms with van der Waals surface area (Å²) >= 11 is 8.12. The maximum Gasteiger partial charge on any atom is 0.306 e. The van der Waals surface area contributed by atoms with Gasteiger partial charge in [0, 0.05) is 12.8 Å². The molecule has 28 heavy (non-hydrogen) atoms. The van der Waals surface area contributed by atoms with Crippen LogP contribution in [0.25, 0.3) is 0 Å². The van der Waals surface area contributed by atoms with Crippen LogP contribution in [0.4, 0.5) is 0 Å². The van der Waals surface area contributed by atoms with Crippen LogP contribution in [0.15, 0.2) is 0 Å². The van der Waals surface area contributed by atoms with Crippen molar-refractivity contribution in [2.75, 3.05) is 11.5 Å². The van der Waals surface area contributed by atoms with Gasteiger partial charge in [0.25, 0.3) is 0 Å². The normalized spacial score (nSPS) is 14.7. The van der Waals surface area contributed by atoms with Crippen molar-refractivity contribution in [1.29, 1.82) is 0 Å². The van der Waals surface area contributed by atoms with Gasteiger partial charge < -0.3 is 20.4 Å². The molecule has 0 aromatic heterocycles. The first-order valence-corrected chi connectivity index (χ1v) is 10.3. The summed E-state index contributed by atoms with van der Waals surface area (Å²) in [6.07, 6.45) is 1.20. The van der Waals surface area contributed by atoms with E-state index < -0.39 is 35.7 Å². The van der Waals surface area contributed by atoms with Crippen LogP contribution in [0, 0.1) is 23.7 Å². The molecule has 4 N–H and O–H groups in total. The second-order valence-corrected chi connectivity index (χ2v) is 7.71. The van der Waals surface area contributed by atoms with Crippen molar-refractivity contribution in [2.45, 2.75) is 52.4 Å². The van der Waals surface area contributed by atoms with Gasteiger partial charge in [-0.2, -0.15) is 25.3 Å². The van der Waals surface area contributed by atoms with Crippen LogP contribution in [-0.2, 0) is 19.2 Å². The predicted octanol–water partition coefficient (Wildman–Crippen LogP) is 3.02. The molecular formula is C18H32O8S2. The molecule has 0 spiro atoms. The first-order valence-electron chi connectivity index (χ1n) is 9.05. The molecular weight excluding hydrogens is 408 g/mol. The molecule has 4 atom stereocenters. The lowest BCUT2D eigenvalue weighted by atomic mass is 9.93. The smallest absolute Gasteiger partial charge is 0.306 e. The molecule has 0 aliphatic carbocycles. The van der Waals surface area contributed by atoms with Gasteiger partial charge in [-0.3, -0.25) is 19.2 Å². The molecule has 0 fully saturated rings. The molecule has 0 aromatic rings. The van der Waals surface area contributed by atoms with E-state index in [0.717, 1.165) is 0 Å². The van der Waals surface area contributed by atoms with Crippen molar-refractivity contribution >= 4 is 49.1 Å². The zero-order valence-corrected chi connectivity index (χ0v) is 18.1. The minimum atomic E-state index is -0.949. The van der Waals surface area contributed by atoms with E-state index in [2.05, 4.69) is 25.3 Å². The fourth-order valence-corrected chi connectivity index (χ4v) is 2.70. The summed E-state index contributed by atoms with van der Waals surface area (Å²) in [5.74, 6) is -3.21. The topological polar surface area (TPSA) is 149 Å². The molecule has 4 unspecified atom stereocenters. The zero-order valence-electron chi connectivity index (χ0n) is 16.3. The summed E-state index contributed by atoms with van der Waals surface area (Å²) < 4.78 is 0. The van der Waals surface area contributed by atoms with Gasteiger partial charge in [0.15, 0.2) is 0 Å². The van der Waals surface area contributed by atoms with Gasteiger partial charge in [0.1, 0.15) is 0 Å². The quantitative estimate of drug-likeness (QED) is 0.226. The fraction of sp³-hybridized carbons (Fsp3) is 0.778. The van der Waals surface area contributed by atoms with Crippen LogP contribution in [0.3, 0.4) is 0 Å². The van der Waals surface area contributed by atoms with Gasteiger partial charge in [-0.05, 0) is 49.0 Å². The Morgan fingerprint density at radius 2 is 0.964 bits per heavy atom. The van der Waals surface area contributed by atoms with Crippen molar-refractivity contribution in [3.63, 3.8) is 0 Å². The molecule has 0 heterocycles. The lowest BCUT2D eigenvalue weighted by molar-refractivity contribution is -0.145. The molecule has 10 heteroatoms. The minimum Gasteiger partial charge on any atom is -0.481 e. The van der Waals surface area contributed by atoms with Crippen LogP contribution in [0.2, 0.25) is 0 Å². The summed E-state index contributed by atoms with van der Waals surface area (Å²) in [6, 6.07) is 0. The fourth-order valence-electron chi connectivity index (χ4n) is 2.40. The van der Waals surface area contributed by atoms with Crippen LogP contribution in [-0.4, -0.2) is 55.8 Å². The molecule has 0 saturated heterocycles. The molecule has 164 valence electrons. The Labute approximate surface area is 176 Å². The van der Waals surface area contributed by atoms with Crippen LogP contribution < -0.4 is 0 Å². The van der Waals surface area contributed by atoms with Gasteiger partial charge in [0.2, 0.25) is 0 Å². The first kappa shape index (κ1) is 28.8. The van der Waals surface area contributed by atoms with Gasteiger partial charge in [0.05, 0.1) is 11.8 Å². The molecule has 8 nitrogen and oxygen atoms in total. The number of carbonyl (C=O) groups is 4. The summed E-state index contributed by atoms with van der Waals surface area (Å²) in [5, 5.41) is 34.5. The van der Waals surface area contributed by atoms with E-state index in [0.29, 0.717) is 24.3 Å². The van der Waals surface area contributed by atoms with E-state index in [-0.39, 0.29) is 37.5 Å². The molecule has 0 aliphatic rings. The van der Waals surface area contributed by atoms with Crippen molar-refractivity contribution in [2.24, 2.45) is 23.7 Å². The number of thiol groups is 2. The Bertz CT molecular complexity index is 454. The third-order valence-electron chi connectivity index (χ3n) is 4.11. The molecule has 0 amide bonds. The number of carboxylic acids is 4.